The number of nitrogens with one attached hydrogen (secondary N) is 3. The van der Waals surface area contributed by atoms with Gasteiger partial charge in [-0.3, -0.25) is 9.89 Å². The summed E-state index contributed by atoms with van der Waals surface area (Å²) in [4.78, 5) is 10.1. The molecule has 148 valence electrons. The van der Waals surface area contributed by atoms with Crippen LogP contribution in [0.4, 0.5) is 4.39 Å². The molecule has 2 atom stereocenters. The quantitative estimate of drug-likeness (QED) is 0.347. The van der Waals surface area contributed by atoms with Gasteiger partial charge in [-0.1, -0.05) is 6.92 Å². The Morgan fingerprint density at radius 2 is 2.15 bits per heavy atom. The lowest BCUT2D eigenvalue weighted by atomic mass is 10.1. The minimum Gasteiger partial charge on any atom is -0.361 e. The van der Waals surface area contributed by atoms with Crippen LogP contribution in [0.2, 0.25) is 0 Å². The van der Waals surface area contributed by atoms with Crippen molar-refractivity contribution in [2.75, 3.05) is 26.7 Å². The molecule has 0 radical (unpaired) electrons. The number of nitrogens with zero attached hydrogens (tertiary/aromatic N) is 2. The fourth-order valence-electron chi connectivity index (χ4n) is 3.98. The van der Waals surface area contributed by atoms with Gasteiger partial charge in [0, 0.05) is 55.9 Å². The molecule has 1 aliphatic carbocycles. The highest BCUT2D eigenvalue weighted by molar-refractivity contribution is 14.0. The maximum atomic E-state index is 13.3. The van der Waals surface area contributed by atoms with Gasteiger partial charge in [0.2, 0.25) is 0 Å². The SMILES string of the molecule is CN=C(NCCc1c[nH]c2cc(F)ccc12)NC1CN(C2CC2)CC1C.I. The number of aromatic amines is 1. The van der Waals surface area contributed by atoms with E-state index in [1.54, 1.807) is 6.07 Å². The Kier molecular flexibility index (Phi) is 6.62. The van der Waals surface area contributed by atoms with Crippen molar-refractivity contribution in [3.63, 3.8) is 0 Å². The maximum Gasteiger partial charge on any atom is 0.191 e. The summed E-state index contributed by atoms with van der Waals surface area (Å²) in [5.74, 6) is 1.29. The van der Waals surface area contributed by atoms with Gasteiger partial charge in [0.05, 0.1) is 0 Å². The summed E-state index contributed by atoms with van der Waals surface area (Å²) in [6.07, 6.45) is 5.55. The molecule has 3 N–H and O–H groups in total. The summed E-state index contributed by atoms with van der Waals surface area (Å²) in [6, 6.07) is 6.18. The first-order valence-electron chi connectivity index (χ1n) is 9.61. The van der Waals surface area contributed by atoms with Crippen molar-refractivity contribution < 1.29 is 4.39 Å². The van der Waals surface area contributed by atoms with Gasteiger partial charge >= 0.3 is 0 Å². The summed E-state index contributed by atoms with van der Waals surface area (Å²) in [6.45, 7) is 5.40. The highest BCUT2D eigenvalue weighted by atomic mass is 127. The van der Waals surface area contributed by atoms with Gasteiger partial charge in [-0.05, 0) is 48.9 Å². The van der Waals surface area contributed by atoms with Crippen LogP contribution in [0.1, 0.15) is 25.3 Å². The first-order chi connectivity index (χ1) is 12.6. The van der Waals surface area contributed by atoms with Crippen LogP contribution in [0.15, 0.2) is 29.4 Å². The summed E-state index contributed by atoms with van der Waals surface area (Å²) in [5.41, 5.74) is 2.04. The van der Waals surface area contributed by atoms with Crippen molar-refractivity contribution in [2.45, 2.75) is 38.3 Å². The second-order valence-electron chi connectivity index (χ2n) is 7.67. The molecule has 1 aromatic heterocycles. The van der Waals surface area contributed by atoms with Crippen molar-refractivity contribution in [2.24, 2.45) is 10.9 Å². The van der Waals surface area contributed by atoms with Gasteiger partial charge in [0.1, 0.15) is 5.82 Å². The van der Waals surface area contributed by atoms with Crippen LogP contribution >= 0.6 is 24.0 Å². The van der Waals surface area contributed by atoms with Crippen molar-refractivity contribution in [1.29, 1.82) is 0 Å². The Balaban J connectivity index is 0.00000210. The van der Waals surface area contributed by atoms with Crippen molar-refractivity contribution in [3.8, 4) is 0 Å². The molecule has 1 saturated heterocycles. The van der Waals surface area contributed by atoms with E-state index >= 15 is 0 Å². The second kappa shape index (κ2) is 8.77. The molecule has 2 heterocycles. The molecule has 27 heavy (non-hydrogen) atoms. The Morgan fingerprint density at radius 3 is 2.89 bits per heavy atom. The van der Waals surface area contributed by atoms with Crippen LogP contribution in [-0.4, -0.2) is 54.6 Å². The Bertz CT molecular complexity index is 801. The van der Waals surface area contributed by atoms with E-state index in [9.17, 15) is 4.39 Å². The van der Waals surface area contributed by atoms with Gasteiger partial charge < -0.3 is 15.6 Å². The molecule has 2 fully saturated rings. The molecule has 2 aliphatic rings. The van der Waals surface area contributed by atoms with Crippen LogP contribution in [0.3, 0.4) is 0 Å². The number of fused-ring (bicyclic) bond motifs is 1. The monoisotopic (exact) mass is 485 g/mol. The number of halogens is 2. The van der Waals surface area contributed by atoms with Gasteiger partial charge in [-0.2, -0.15) is 0 Å². The number of benzene rings is 1. The lowest BCUT2D eigenvalue weighted by molar-refractivity contribution is 0.315. The van der Waals surface area contributed by atoms with Crippen LogP contribution in [-0.2, 0) is 6.42 Å². The number of guanidine groups is 1. The predicted octanol–water partition coefficient (Wildman–Crippen LogP) is 3.12. The van der Waals surface area contributed by atoms with Gasteiger partial charge in [-0.15, -0.1) is 24.0 Å². The van der Waals surface area contributed by atoms with E-state index in [1.807, 2.05) is 19.3 Å². The lowest BCUT2D eigenvalue weighted by Crippen LogP contribution is -2.47. The first-order valence-corrected chi connectivity index (χ1v) is 9.61. The number of aliphatic imine (C=N–C) groups is 1. The van der Waals surface area contributed by atoms with Crippen molar-refractivity contribution in [1.82, 2.24) is 20.5 Å². The topological polar surface area (TPSA) is 55.5 Å². The van der Waals surface area contributed by atoms with E-state index in [-0.39, 0.29) is 29.8 Å². The molecule has 2 unspecified atom stereocenters. The minimum atomic E-state index is -0.209. The molecule has 0 amide bonds. The zero-order valence-corrected chi connectivity index (χ0v) is 18.3. The van der Waals surface area contributed by atoms with Crippen LogP contribution in [0.25, 0.3) is 10.9 Å². The van der Waals surface area contributed by atoms with E-state index < -0.39 is 0 Å². The van der Waals surface area contributed by atoms with Crippen molar-refractivity contribution in [3.05, 3.63) is 35.8 Å². The molecule has 1 aliphatic heterocycles. The van der Waals surface area contributed by atoms with Gasteiger partial charge in [0.25, 0.3) is 0 Å². The van der Waals surface area contributed by atoms with Gasteiger partial charge in [-0.25, -0.2) is 4.39 Å². The van der Waals surface area contributed by atoms with E-state index in [1.165, 1.54) is 31.0 Å². The Labute approximate surface area is 177 Å². The lowest BCUT2D eigenvalue weighted by Gasteiger charge is -2.20. The molecular formula is C20H29FIN5. The first kappa shape index (κ1) is 20.4. The van der Waals surface area contributed by atoms with Crippen molar-refractivity contribution >= 4 is 40.8 Å². The highest BCUT2D eigenvalue weighted by Gasteiger charge is 2.38. The molecule has 5 nitrogen and oxygen atoms in total. The summed E-state index contributed by atoms with van der Waals surface area (Å²) in [7, 11) is 1.82. The summed E-state index contributed by atoms with van der Waals surface area (Å²) >= 11 is 0. The zero-order chi connectivity index (χ0) is 18.1. The number of H-pyrrole nitrogens is 1. The standard InChI is InChI=1S/C20H28FN5.HI/c1-13-11-26(16-4-5-16)12-19(13)25-20(22-2)23-8-7-14-10-24-18-9-15(21)3-6-17(14)18;/h3,6,9-10,13,16,19,24H,4-5,7-8,11-12H2,1-2H3,(H2,22,23,25);1H. The average Bonchev–Trinajstić information content (AvgIpc) is 3.32. The van der Waals surface area contributed by atoms with E-state index in [0.717, 1.165) is 42.4 Å². The highest BCUT2D eigenvalue weighted by Crippen LogP contribution is 2.31. The van der Waals surface area contributed by atoms with Crippen LogP contribution < -0.4 is 10.6 Å². The fraction of sp³-hybridized carbons (Fsp3) is 0.550. The number of aromatic nitrogens is 1. The average molecular weight is 485 g/mol. The summed E-state index contributed by atoms with van der Waals surface area (Å²) < 4.78 is 13.3. The molecule has 1 aromatic carbocycles. The molecule has 1 saturated carbocycles. The summed E-state index contributed by atoms with van der Waals surface area (Å²) in [5, 5.41) is 8.10. The molecule has 2 aromatic rings. The Morgan fingerprint density at radius 1 is 1.33 bits per heavy atom. The number of likely N-dealkylation sites (tertiary alicyclic amines) is 1. The third kappa shape index (κ3) is 4.74. The zero-order valence-electron chi connectivity index (χ0n) is 16.0. The number of hydrogen-bond donors (Lipinski definition) is 3. The molecule has 0 bridgehead atoms. The molecule has 0 spiro atoms. The minimum absolute atomic E-state index is 0. The maximum absolute atomic E-state index is 13.3. The van der Waals surface area contributed by atoms with Crippen LogP contribution in [0, 0.1) is 11.7 Å². The molecular weight excluding hydrogens is 456 g/mol. The van der Waals surface area contributed by atoms with Gasteiger partial charge in [0.15, 0.2) is 5.96 Å². The molecule has 4 rings (SSSR count). The fourth-order valence-corrected chi connectivity index (χ4v) is 3.98. The number of hydrogen-bond acceptors (Lipinski definition) is 2. The normalized spacial score (nSPS) is 23.4. The smallest absolute Gasteiger partial charge is 0.191 e. The van der Waals surface area contributed by atoms with E-state index in [4.69, 9.17) is 0 Å². The largest absolute Gasteiger partial charge is 0.361 e. The Hall–Kier alpha value is -1.35. The third-order valence-electron chi connectivity index (χ3n) is 5.67. The third-order valence-corrected chi connectivity index (χ3v) is 5.67. The van der Waals surface area contributed by atoms with E-state index in [2.05, 4.69) is 32.4 Å². The molecule has 7 heteroatoms. The number of rotatable bonds is 5. The second-order valence-corrected chi connectivity index (χ2v) is 7.67. The van der Waals surface area contributed by atoms with E-state index in [0.29, 0.717) is 12.0 Å². The predicted molar refractivity (Wildman–Crippen MR) is 119 cm³/mol. The van der Waals surface area contributed by atoms with Crippen LogP contribution in [0.5, 0.6) is 0 Å².